The molecule has 0 fully saturated rings. The van der Waals surface area contributed by atoms with E-state index in [2.05, 4.69) is 11.4 Å². The van der Waals surface area contributed by atoms with Crippen LogP contribution in [0.4, 0.5) is 5.69 Å². The Morgan fingerprint density at radius 2 is 1.95 bits per heavy atom. The molecule has 2 N–H and O–H groups in total. The number of benzene rings is 2. The Balaban J connectivity index is 1.95. The number of fused-ring (bicyclic) bond motifs is 1. The van der Waals surface area contributed by atoms with Gasteiger partial charge < -0.3 is 15.2 Å². The first-order chi connectivity index (χ1) is 9.29. The number of anilines is 1. The maximum absolute atomic E-state index is 10.5. The molecule has 0 aliphatic carbocycles. The highest BCUT2D eigenvalue weighted by atomic mass is 16.5. The van der Waals surface area contributed by atoms with Crippen LogP contribution in [0.2, 0.25) is 0 Å². The van der Waals surface area contributed by atoms with Crippen LogP contribution in [0.3, 0.4) is 0 Å². The third-order valence-electron chi connectivity index (χ3n) is 3.61. The van der Waals surface area contributed by atoms with Crippen LogP contribution in [0.1, 0.15) is 22.8 Å². The number of methoxy groups -OCH3 is 1. The lowest BCUT2D eigenvalue weighted by Crippen LogP contribution is -2.03. The Morgan fingerprint density at radius 1 is 1.16 bits per heavy atom. The Morgan fingerprint density at radius 3 is 2.68 bits per heavy atom. The minimum Gasteiger partial charge on any atom is -0.497 e. The van der Waals surface area contributed by atoms with Gasteiger partial charge in [-0.1, -0.05) is 30.3 Å². The second-order valence-corrected chi connectivity index (χ2v) is 4.73. The molecule has 2 aromatic carbocycles. The lowest BCUT2D eigenvalue weighted by Gasteiger charge is -2.16. The molecule has 1 unspecified atom stereocenters. The average molecular weight is 255 g/mol. The molecule has 0 bridgehead atoms. The molecule has 1 heterocycles. The van der Waals surface area contributed by atoms with E-state index in [0.717, 1.165) is 35.5 Å². The summed E-state index contributed by atoms with van der Waals surface area (Å²) < 4.78 is 5.13. The summed E-state index contributed by atoms with van der Waals surface area (Å²) in [4.78, 5) is 0. The molecule has 98 valence electrons. The predicted octanol–water partition coefficient (Wildman–Crippen LogP) is 2.74. The zero-order valence-electron chi connectivity index (χ0n) is 10.9. The van der Waals surface area contributed by atoms with Gasteiger partial charge in [-0.05, 0) is 29.7 Å². The van der Waals surface area contributed by atoms with E-state index in [9.17, 15) is 5.11 Å². The van der Waals surface area contributed by atoms with E-state index in [0.29, 0.717) is 0 Å². The van der Waals surface area contributed by atoms with Gasteiger partial charge in [0.05, 0.1) is 7.11 Å². The molecule has 3 rings (SSSR count). The van der Waals surface area contributed by atoms with Gasteiger partial charge in [-0.15, -0.1) is 0 Å². The monoisotopic (exact) mass is 255 g/mol. The summed E-state index contributed by atoms with van der Waals surface area (Å²) in [6.45, 7) is 0.946. The van der Waals surface area contributed by atoms with Crippen molar-refractivity contribution in [3.05, 3.63) is 59.2 Å². The Kier molecular flexibility index (Phi) is 3.13. The number of hydrogen-bond acceptors (Lipinski definition) is 3. The molecule has 19 heavy (non-hydrogen) atoms. The van der Waals surface area contributed by atoms with Gasteiger partial charge in [-0.25, -0.2) is 0 Å². The van der Waals surface area contributed by atoms with Gasteiger partial charge in [-0.3, -0.25) is 0 Å². The van der Waals surface area contributed by atoms with E-state index in [4.69, 9.17) is 4.74 Å². The summed E-state index contributed by atoms with van der Waals surface area (Å²) in [6.07, 6.45) is 0.421. The SMILES string of the molecule is COc1ccc(C(O)c2cccc3c2NCC3)cc1. The molecule has 1 aliphatic rings. The van der Waals surface area contributed by atoms with Crippen molar-refractivity contribution < 1.29 is 9.84 Å². The first kappa shape index (κ1) is 12.1. The number of aliphatic hydroxyl groups is 1. The maximum Gasteiger partial charge on any atom is 0.118 e. The summed E-state index contributed by atoms with van der Waals surface area (Å²) in [5.74, 6) is 0.798. The molecule has 0 spiro atoms. The molecule has 0 aromatic heterocycles. The van der Waals surface area contributed by atoms with Crippen molar-refractivity contribution in [2.24, 2.45) is 0 Å². The predicted molar refractivity (Wildman–Crippen MR) is 75.7 cm³/mol. The Labute approximate surface area is 112 Å². The van der Waals surface area contributed by atoms with Crippen LogP contribution >= 0.6 is 0 Å². The molecule has 1 aliphatic heterocycles. The van der Waals surface area contributed by atoms with Gasteiger partial charge in [-0.2, -0.15) is 0 Å². The molecule has 3 heteroatoms. The third kappa shape index (κ3) is 2.17. The number of hydrogen-bond donors (Lipinski definition) is 2. The van der Waals surface area contributed by atoms with Crippen LogP contribution in [0.15, 0.2) is 42.5 Å². The summed E-state index contributed by atoms with van der Waals surface area (Å²) in [5, 5.41) is 13.9. The van der Waals surface area contributed by atoms with Crippen LogP contribution in [0.5, 0.6) is 5.75 Å². The van der Waals surface area contributed by atoms with Gasteiger partial charge in [0.25, 0.3) is 0 Å². The normalized spacial score (nSPS) is 14.6. The van der Waals surface area contributed by atoms with Crippen molar-refractivity contribution in [1.29, 1.82) is 0 Å². The van der Waals surface area contributed by atoms with E-state index in [1.165, 1.54) is 5.56 Å². The van der Waals surface area contributed by atoms with Gasteiger partial charge >= 0.3 is 0 Å². The average Bonchev–Trinajstić information content (AvgIpc) is 2.95. The maximum atomic E-state index is 10.5. The fraction of sp³-hybridized carbons (Fsp3) is 0.250. The van der Waals surface area contributed by atoms with Crippen LogP contribution < -0.4 is 10.1 Å². The summed E-state index contributed by atoms with van der Waals surface area (Å²) in [6, 6.07) is 13.6. The zero-order chi connectivity index (χ0) is 13.2. The quantitative estimate of drug-likeness (QED) is 0.886. The minimum absolute atomic E-state index is 0.605. The third-order valence-corrected chi connectivity index (χ3v) is 3.61. The Bertz CT molecular complexity index is 578. The van der Waals surface area contributed by atoms with E-state index >= 15 is 0 Å². The number of nitrogens with one attached hydrogen (secondary N) is 1. The Hall–Kier alpha value is -2.00. The number of aliphatic hydroxyl groups excluding tert-OH is 1. The van der Waals surface area contributed by atoms with Crippen LogP contribution in [-0.2, 0) is 6.42 Å². The minimum atomic E-state index is -0.605. The second-order valence-electron chi connectivity index (χ2n) is 4.73. The van der Waals surface area contributed by atoms with Crippen molar-refractivity contribution in [3.63, 3.8) is 0 Å². The second kappa shape index (κ2) is 4.94. The number of para-hydroxylation sites is 1. The highest BCUT2D eigenvalue weighted by molar-refractivity contribution is 5.63. The van der Waals surface area contributed by atoms with Crippen molar-refractivity contribution in [2.75, 3.05) is 19.0 Å². The molecule has 3 nitrogen and oxygen atoms in total. The smallest absolute Gasteiger partial charge is 0.118 e. The molecular weight excluding hydrogens is 238 g/mol. The van der Waals surface area contributed by atoms with Crippen molar-refractivity contribution in [2.45, 2.75) is 12.5 Å². The van der Waals surface area contributed by atoms with Gasteiger partial charge in [0, 0.05) is 17.8 Å². The number of ether oxygens (including phenoxy) is 1. The van der Waals surface area contributed by atoms with Gasteiger partial charge in [0.2, 0.25) is 0 Å². The molecular formula is C16H17NO2. The highest BCUT2D eigenvalue weighted by Crippen LogP contribution is 2.34. The molecule has 0 saturated carbocycles. The molecule has 2 aromatic rings. The first-order valence-electron chi connectivity index (χ1n) is 6.47. The number of rotatable bonds is 3. The summed E-state index contributed by atoms with van der Waals surface area (Å²) >= 11 is 0. The largest absolute Gasteiger partial charge is 0.497 e. The lowest BCUT2D eigenvalue weighted by atomic mass is 9.98. The first-order valence-corrected chi connectivity index (χ1v) is 6.47. The van der Waals surface area contributed by atoms with Gasteiger partial charge in [0.1, 0.15) is 11.9 Å². The van der Waals surface area contributed by atoms with Crippen LogP contribution in [0.25, 0.3) is 0 Å². The lowest BCUT2D eigenvalue weighted by molar-refractivity contribution is 0.221. The standard InChI is InChI=1S/C16H17NO2/c1-19-13-7-5-12(6-8-13)16(18)14-4-2-3-11-9-10-17-15(11)14/h2-8,16-18H,9-10H2,1H3. The molecule has 0 saturated heterocycles. The summed E-state index contributed by atoms with van der Waals surface area (Å²) in [7, 11) is 1.64. The molecule has 1 atom stereocenters. The highest BCUT2D eigenvalue weighted by Gasteiger charge is 2.19. The van der Waals surface area contributed by atoms with Crippen molar-refractivity contribution >= 4 is 5.69 Å². The van der Waals surface area contributed by atoms with E-state index in [1.54, 1.807) is 7.11 Å². The van der Waals surface area contributed by atoms with Crippen molar-refractivity contribution in [3.8, 4) is 5.75 Å². The molecule has 0 amide bonds. The van der Waals surface area contributed by atoms with Gasteiger partial charge in [0.15, 0.2) is 0 Å². The zero-order valence-corrected chi connectivity index (χ0v) is 10.9. The molecule has 0 radical (unpaired) electrons. The van der Waals surface area contributed by atoms with E-state index in [-0.39, 0.29) is 0 Å². The topological polar surface area (TPSA) is 41.5 Å². The fourth-order valence-corrected chi connectivity index (χ4v) is 2.56. The van der Waals surface area contributed by atoms with E-state index in [1.807, 2.05) is 36.4 Å². The van der Waals surface area contributed by atoms with Crippen LogP contribution in [0, 0.1) is 0 Å². The van der Waals surface area contributed by atoms with Crippen molar-refractivity contribution in [1.82, 2.24) is 0 Å². The fourth-order valence-electron chi connectivity index (χ4n) is 2.56. The van der Waals surface area contributed by atoms with E-state index < -0.39 is 6.10 Å². The van der Waals surface area contributed by atoms with Crippen LogP contribution in [-0.4, -0.2) is 18.8 Å². The summed E-state index contributed by atoms with van der Waals surface area (Å²) in [5.41, 5.74) is 4.19.